The van der Waals surface area contributed by atoms with Crippen molar-refractivity contribution in [3.05, 3.63) is 53.3 Å². The minimum absolute atomic E-state index is 0.324. The Balaban J connectivity index is 2.23. The van der Waals surface area contributed by atoms with Gasteiger partial charge >= 0.3 is 5.97 Å². The summed E-state index contributed by atoms with van der Waals surface area (Å²) in [6, 6.07) is 9.09. The molecule has 0 saturated carbocycles. The Morgan fingerprint density at radius 3 is 2.45 bits per heavy atom. The van der Waals surface area contributed by atoms with Crippen molar-refractivity contribution in [2.24, 2.45) is 7.05 Å². The molecule has 6 heteroatoms. The highest BCUT2D eigenvalue weighted by atomic mass is 16.4. The van der Waals surface area contributed by atoms with Crippen LogP contribution < -0.4 is 5.32 Å². The number of carbonyl (C=O) groups is 2. The summed E-state index contributed by atoms with van der Waals surface area (Å²) in [5.41, 5.74) is 1.54. The minimum atomic E-state index is -1.11. The fourth-order valence-corrected chi connectivity index (χ4v) is 1.96. The van der Waals surface area contributed by atoms with Crippen molar-refractivity contribution in [1.82, 2.24) is 15.1 Å². The molecule has 1 aromatic carbocycles. The van der Waals surface area contributed by atoms with E-state index in [0.29, 0.717) is 17.0 Å². The van der Waals surface area contributed by atoms with Gasteiger partial charge in [-0.25, -0.2) is 4.79 Å². The molecule has 2 aromatic rings. The van der Waals surface area contributed by atoms with E-state index >= 15 is 0 Å². The number of carboxylic acid groups (broad SMARTS) is 1. The molecule has 2 N–H and O–H groups in total. The molecule has 6 nitrogen and oxygen atoms in total. The quantitative estimate of drug-likeness (QED) is 0.879. The molecule has 0 aliphatic heterocycles. The van der Waals surface area contributed by atoms with Gasteiger partial charge in [0.25, 0.3) is 5.91 Å². The van der Waals surface area contributed by atoms with E-state index in [1.807, 2.05) is 0 Å². The van der Waals surface area contributed by atoms with E-state index in [-0.39, 0.29) is 0 Å². The van der Waals surface area contributed by atoms with Crippen molar-refractivity contribution in [2.75, 3.05) is 0 Å². The highest BCUT2D eigenvalue weighted by molar-refractivity contribution is 5.95. The van der Waals surface area contributed by atoms with Crippen LogP contribution in [0.5, 0.6) is 0 Å². The molecule has 0 fully saturated rings. The number of aryl methyl sites for hydroxylation is 2. The zero-order chi connectivity index (χ0) is 14.7. The SMILES string of the molecule is Cc1cc(C(=O)NC(C(=O)O)c2ccccc2)n(C)n1. The van der Waals surface area contributed by atoms with E-state index in [4.69, 9.17) is 0 Å². The Kier molecular flexibility index (Phi) is 3.84. The number of carboxylic acids is 1. The number of benzene rings is 1. The lowest BCUT2D eigenvalue weighted by Crippen LogP contribution is -2.34. The average molecular weight is 273 g/mol. The summed E-state index contributed by atoms with van der Waals surface area (Å²) in [4.78, 5) is 23.5. The number of aliphatic carboxylic acids is 1. The van der Waals surface area contributed by atoms with Crippen LogP contribution in [0.4, 0.5) is 0 Å². The molecular weight excluding hydrogens is 258 g/mol. The second-order valence-corrected chi connectivity index (χ2v) is 4.45. The van der Waals surface area contributed by atoms with Gasteiger partial charge in [-0.1, -0.05) is 30.3 Å². The predicted molar refractivity (Wildman–Crippen MR) is 72.2 cm³/mol. The fourth-order valence-electron chi connectivity index (χ4n) is 1.96. The molecule has 0 bridgehead atoms. The summed E-state index contributed by atoms with van der Waals surface area (Å²) in [6.07, 6.45) is 0. The smallest absolute Gasteiger partial charge is 0.330 e. The van der Waals surface area contributed by atoms with Crippen LogP contribution in [-0.4, -0.2) is 26.8 Å². The number of rotatable bonds is 4. The summed E-state index contributed by atoms with van der Waals surface area (Å²) in [7, 11) is 1.64. The summed E-state index contributed by atoms with van der Waals surface area (Å²) >= 11 is 0. The van der Waals surface area contributed by atoms with Gasteiger partial charge in [0, 0.05) is 7.05 Å². The largest absolute Gasteiger partial charge is 0.479 e. The first-order chi connectivity index (χ1) is 9.49. The lowest BCUT2D eigenvalue weighted by Gasteiger charge is -2.14. The lowest BCUT2D eigenvalue weighted by atomic mass is 10.1. The first-order valence-electron chi connectivity index (χ1n) is 6.08. The van der Waals surface area contributed by atoms with Gasteiger partial charge in [-0.15, -0.1) is 0 Å². The Labute approximate surface area is 116 Å². The lowest BCUT2D eigenvalue weighted by molar-refractivity contribution is -0.139. The van der Waals surface area contributed by atoms with Gasteiger partial charge in [0.2, 0.25) is 0 Å². The molecule has 1 unspecified atom stereocenters. The number of aromatic nitrogens is 2. The normalized spacial score (nSPS) is 11.9. The van der Waals surface area contributed by atoms with E-state index in [2.05, 4.69) is 10.4 Å². The van der Waals surface area contributed by atoms with Gasteiger partial charge in [-0.05, 0) is 18.6 Å². The van der Waals surface area contributed by atoms with Crippen LogP contribution in [0.1, 0.15) is 27.8 Å². The molecule has 1 amide bonds. The second-order valence-electron chi connectivity index (χ2n) is 4.45. The summed E-state index contributed by atoms with van der Waals surface area (Å²) in [6.45, 7) is 1.77. The summed E-state index contributed by atoms with van der Waals surface area (Å²) in [5, 5.41) is 15.8. The minimum Gasteiger partial charge on any atom is -0.479 e. The predicted octanol–water partition coefficient (Wildman–Crippen LogP) is 1.28. The van der Waals surface area contributed by atoms with Crippen LogP contribution in [0.25, 0.3) is 0 Å². The van der Waals surface area contributed by atoms with Crippen molar-refractivity contribution in [3.63, 3.8) is 0 Å². The monoisotopic (exact) mass is 273 g/mol. The van der Waals surface area contributed by atoms with Crippen LogP contribution in [0, 0.1) is 6.92 Å². The molecule has 104 valence electrons. The number of hydrogen-bond acceptors (Lipinski definition) is 3. The van der Waals surface area contributed by atoms with Gasteiger partial charge < -0.3 is 10.4 Å². The maximum atomic E-state index is 12.1. The molecule has 0 aliphatic carbocycles. The second kappa shape index (κ2) is 5.56. The standard InChI is InChI=1S/C14H15N3O3/c1-9-8-11(17(2)16-9)13(18)15-12(14(19)20)10-6-4-3-5-7-10/h3-8,12H,1-2H3,(H,15,18)(H,19,20). The van der Waals surface area contributed by atoms with E-state index < -0.39 is 17.9 Å². The zero-order valence-electron chi connectivity index (χ0n) is 11.2. The number of amides is 1. The highest BCUT2D eigenvalue weighted by Gasteiger charge is 2.23. The molecule has 0 radical (unpaired) electrons. The van der Waals surface area contributed by atoms with Crippen molar-refractivity contribution in [3.8, 4) is 0 Å². The maximum Gasteiger partial charge on any atom is 0.330 e. The van der Waals surface area contributed by atoms with Crippen LogP contribution in [0.2, 0.25) is 0 Å². The van der Waals surface area contributed by atoms with Gasteiger partial charge in [0.05, 0.1) is 5.69 Å². The number of hydrogen-bond donors (Lipinski definition) is 2. The Hall–Kier alpha value is -2.63. The first kappa shape index (κ1) is 13.8. The van der Waals surface area contributed by atoms with E-state index in [1.165, 1.54) is 4.68 Å². The number of carbonyl (C=O) groups excluding carboxylic acids is 1. The maximum absolute atomic E-state index is 12.1. The third-order valence-corrected chi connectivity index (χ3v) is 2.89. The Morgan fingerprint density at radius 1 is 1.30 bits per heavy atom. The fraction of sp³-hybridized carbons (Fsp3) is 0.214. The molecule has 2 rings (SSSR count). The zero-order valence-corrected chi connectivity index (χ0v) is 11.2. The Bertz CT molecular complexity index is 634. The van der Waals surface area contributed by atoms with Gasteiger partial charge in [0.1, 0.15) is 5.69 Å². The molecule has 0 saturated heterocycles. The van der Waals surface area contributed by atoms with Crippen molar-refractivity contribution in [1.29, 1.82) is 0 Å². The van der Waals surface area contributed by atoms with Crippen LogP contribution in [-0.2, 0) is 11.8 Å². The number of nitrogens with zero attached hydrogens (tertiary/aromatic N) is 2. The molecule has 1 aromatic heterocycles. The topological polar surface area (TPSA) is 84.2 Å². The molecule has 20 heavy (non-hydrogen) atoms. The third-order valence-electron chi connectivity index (χ3n) is 2.89. The van der Waals surface area contributed by atoms with Crippen molar-refractivity contribution >= 4 is 11.9 Å². The van der Waals surface area contributed by atoms with Crippen LogP contribution in [0.15, 0.2) is 36.4 Å². The van der Waals surface area contributed by atoms with Gasteiger partial charge in [-0.2, -0.15) is 5.10 Å². The summed E-state index contributed by atoms with van der Waals surface area (Å²) in [5.74, 6) is -1.58. The van der Waals surface area contributed by atoms with E-state index in [0.717, 1.165) is 0 Å². The van der Waals surface area contributed by atoms with Crippen LogP contribution >= 0.6 is 0 Å². The van der Waals surface area contributed by atoms with Gasteiger partial charge in [0.15, 0.2) is 6.04 Å². The van der Waals surface area contributed by atoms with Crippen molar-refractivity contribution < 1.29 is 14.7 Å². The average Bonchev–Trinajstić information content (AvgIpc) is 2.75. The van der Waals surface area contributed by atoms with E-state index in [9.17, 15) is 14.7 Å². The highest BCUT2D eigenvalue weighted by Crippen LogP contribution is 2.14. The van der Waals surface area contributed by atoms with E-state index in [1.54, 1.807) is 50.4 Å². The Morgan fingerprint density at radius 2 is 1.95 bits per heavy atom. The molecular formula is C14H15N3O3. The number of nitrogens with one attached hydrogen (secondary N) is 1. The third kappa shape index (κ3) is 2.85. The van der Waals surface area contributed by atoms with Crippen molar-refractivity contribution in [2.45, 2.75) is 13.0 Å². The molecule has 0 aliphatic rings. The van der Waals surface area contributed by atoms with Gasteiger partial charge in [-0.3, -0.25) is 9.48 Å². The van der Waals surface area contributed by atoms with Crippen LogP contribution in [0.3, 0.4) is 0 Å². The molecule has 0 spiro atoms. The molecule has 1 atom stereocenters. The summed E-state index contributed by atoms with van der Waals surface area (Å²) < 4.78 is 1.43. The molecule has 1 heterocycles. The first-order valence-corrected chi connectivity index (χ1v) is 6.08.